The number of urea groups is 1. The molecule has 15 heavy (non-hydrogen) atoms. The van der Waals surface area contributed by atoms with E-state index in [0.717, 1.165) is 38.8 Å². The highest BCUT2D eigenvalue weighted by atomic mass is 16.2. The van der Waals surface area contributed by atoms with Crippen LogP contribution in [0.2, 0.25) is 0 Å². The van der Waals surface area contributed by atoms with Gasteiger partial charge in [0.1, 0.15) is 0 Å². The monoisotopic (exact) mass is 210 g/mol. The fourth-order valence-electron chi connectivity index (χ4n) is 1.91. The first kappa shape index (κ1) is 10.5. The summed E-state index contributed by atoms with van der Waals surface area (Å²) in [7, 11) is 0. The Balaban J connectivity index is 1.80. The van der Waals surface area contributed by atoms with Crippen molar-refractivity contribution in [2.45, 2.75) is 38.5 Å². The molecule has 0 bridgehead atoms. The first-order valence-corrected chi connectivity index (χ1v) is 5.87. The van der Waals surface area contributed by atoms with Gasteiger partial charge in [-0.3, -0.25) is 10.1 Å². The molecule has 1 saturated carbocycles. The topological polar surface area (TPSA) is 49.4 Å². The number of hydrogen-bond acceptors (Lipinski definition) is 2. The van der Waals surface area contributed by atoms with Crippen LogP contribution in [0.3, 0.4) is 0 Å². The third-order valence-electron chi connectivity index (χ3n) is 3.07. The zero-order valence-corrected chi connectivity index (χ0v) is 9.00. The molecule has 3 amide bonds. The number of hydrogen-bond donors (Lipinski definition) is 1. The van der Waals surface area contributed by atoms with Gasteiger partial charge >= 0.3 is 6.03 Å². The molecular formula is C11H18N2O2. The van der Waals surface area contributed by atoms with E-state index < -0.39 is 0 Å². The molecule has 0 radical (unpaired) electrons. The molecule has 0 unspecified atom stereocenters. The summed E-state index contributed by atoms with van der Waals surface area (Å²) in [5.74, 6) is 0.0326. The van der Waals surface area contributed by atoms with Gasteiger partial charge in [0.05, 0.1) is 0 Å². The fourth-order valence-corrected chi connectivity index (χ4v) is 1.91. The van der Waals surface area contributed by atoms with Crippen LogP contribution in [-0.2, 0) is 4.79 Å². The second-order valence-corrected chi connectivity index (χ2v) is 4.47. The van der Waals surface area contributed by atoms with E-state index in [9.17, 15) is 9.59 Å². The van der Waals surface area contributed by atoms with Crippen molar-refractivity contribution >= 4 is 11.9 Å². The summed E-state index contributed by atoms with van der Waals surface area (Å²) in [4.78, 5) is 24.8. The molecule has 2 fully saturated rings. The molecule has 4 heteroatoms. The summed E-state index contributed by atoms with van der Waals surface area (Å²) in [5, 5.41) is 2.49. The van der Waals surface area contributed by atoms with Crippen molar-refractivity contribution < 1.29 is 9.59 Å². The minimum atomic E-state index is -0.186. The first-order valence-electron chi connectivity index (χ1n) is 5.87. The Hall–Kier alpha value is -1.06. The molecule has 0 aromatic rings. The Kier molecular flexibility index (Phi) is 3.23. The van der Waals surface area contributed by atoms with Gasteiger partial charge < -0.3 is 4.90 Å². The summed E-state index contributed by atoms with van der Waals surface area (Å²) < 4.78 is 0. The van der Waals surface area contributed by atoms with Crippen LogP contribution in [0.1, 0.15) is 38.5 Å². The second kappa shape index (κ2) is 4.64. The maximum atomic E-state index is 11.7. The van der Waals surface area contributed by atoms with Crippen molar-refractivity contribution in [1.82, 2.24) is 10.2 Å². The van der Waals surface area contributed by atoms with Crippen molar-refractivity contribution in [2.24, 2.45) is 5.92 Å². The summed E-state index contributed by atoms with van der Waals surface area (Å²) in [6.45, 7) is 1.59. The number of nitrogens with zero attached hydrogens (tertiary/aromatic N) is 1. The van der Waals surface area contributed by atoms with E-state index in [4.69, 9.17) is 0 Å². The lowest BCUT2D eigenvalue weighted by Gasteiger charge is -2.19. The summed E-state index contributed by atoms with van der Waals surface area (Å²) in [6.07, 6.45) is 6.40. The van der Waals surface area contributed by atoms with E-state index in [1.165, 1.54) is 12.8 Å². The van der Waals surface area contributed by atoms with Gasteiger partial charge in [0.15, 0.2) is 0 Å². The molecule has 2 aliphatic rings. The molecule has 1 aliphatic carbocycles. The fraction of sp³-hybridized carbons (Fsp3) is 0.818. The molecule has 0 spiro atoms. The lowest BCUT2D eigenvalue weighted by Crippen LogP contribution is -2.43. The molecule has 2 rings (SSSR count). The Bertz CT molecular complexity index is 253. The van der Waals surface area contributed by atoms with Crippen molar-refractivity contribution in [2.75, 3.05) is 13.1 Å². The minimum Gasteiger partial charge on any atom is -0.324 e. The van der Waals surface area contributed by atoms with Crippen LogP contribution in [0, 0.1) is 5.92 Å². The largest absolute Gasteiger partial charge is 0.324 e. The van der Waals surface area contributed by atoms with E-state index in [1.807, 2.05) is 0 Å². The first-order chi connectivity index (χ1) is 7.27. The van der Waals surface area contributed by atoms with E-state index in [0.29, 0.717) is 0 Å². The predicted molar refractivity (Wildman–Crippen MR) is 56.3 cm³/mol. The van der Waals surface area contributed by atoms with Gasteiger partial charge in [-0.05, 0) is 25.7 Å². The van der Waals surface area contributed by atoms with Crippen LogP contribution >= 0.6 is 0 Å². The van der Waals surface area contributed by atoms with Crippen molar-refractivity contribution in [3.05, 3.63) is 0 Å². The van der Waals surface area contributed by atoms with Gasteiger partial charge in [-0.15, -0.1) is 0 Å². The van der Waals surface area contributed by atoms with Gasteiger partial charge in [0, 0.05) is 19.0 Å². The average Bonchev–Trinajstić information content (AvgIpc) is 3.05. The van der Waals surface area contributed by atoms with Gasteiger partial charge in [-0.2, -0.15) is 0 Å². The maximum absolute atomic E-state index is 11.7. The van der Waals surface area contributed by atoms with Gasteiger partial charge in [-0.1, -0.05) is 12.8 Å². The lowest BCUT2D eigenvalue weighted by molar-refractivity contribution is -0.121. The van der Waals surface area contributed by atoms with Crippen LogP contribution in [0.15, 0.2) is 0 Å². The Morgan fingerprint density at radius 2 is 1.60 bits per heavy atom. The Morgan fingerprint density at radius 3 is 2.13 bits per heavy atom. The predicted octanol–water partition coefficient (Wildman–Crippen LogP) is 1.51. The number of rotatable bonds is 1. The van der Waals surface area contributed by atoms with Crippen LogP contribution in [0.4, 0.5) is 4.79 Å². The highest BCUT2D eigenvalue weighted by molar-refractivity contribution is 5.96. The molecule has 1 heterocycles. The molecule has 4 nitrogen and oxygen atoms in total. The van der Waals surface area contributed by atoms with E-state index in [2.05, 4.69) is 5.32 Å². The third-order valence-corrected chi connectivity index (χ3v) is 3.07. The van der Waals surface area contributed by atoms with Crippen molar-refractivity contribution in [1.29, 1.82) is 0 Å². The van der Waals surface area contributed by atoms with E-state index in [1.54, 1.807) is 4.90 Å². The van der Waals surface area contributed by atoms with E-state index in [-0.39, 0.29) is 17.9 Å². The number of carbonyl (C=O) groups excluding carboxylic acids is 2. The van der Waals surface area contributed by atoms with Crippen LogP contribution in [0.25, 0.3) is 0 Å². The highest BCUT2D eigenvalue weighted by Gasteiger charge is 2.31. The summed E-state index contributed by atoms with van der Waals surface area (Å²) in [6, 6.07) is -0.186. The summed E-state index contributed by atoms with van der Waals surface area (Å²) in [5.41, 5.74) is 0. The number of carbonyl (C=O) groups is 2. The second-order valence-electron chi connectivity index (χ2n) is 4.47. The van der Waals surface area contributed by atoms with Crippen molar-refractivity contribution in [3.63, 3.8) is 0 Å². The number of nitrogens with one attached hydrogen (secondary N) is 1. The standard InChI is InChI=1S/C11H18N2O2/c14-10(9-5-6-9)12-11(15)13-7-3-1-2-4-8-13/h9H,1-8H2,(H,12,14,15). The molecule has 1 N–H and O–H groups in total. The Labute approximate surface area is 90.0 Å². The van der Waals surface area contributed by atoms with Gasteiger partial charge in [0.2, 0.25) is 5.91 Å². The zero-order valence-electron chi connectivity index (χ0n) is 9.00. The van der Waals surface area contributed by atoms with Crippen LogP contribution in [0.5, 0.6) is 0 Å². The van der Waals surface area contributed by atoms with Crippen LogP contribution in [-0.4, -0.2) is 29.9 Å². The van der Waals surface area contributed by atoms with Crippen molar-refractivity contribution in [3.8, 4) is 0 Å². The van der Waals surface area contributed by atoms with E-state index >= 15 is 0 Å². The smallest absolute Gasteiger partial charge is 0.324 e. The third kappa shape index (κ3) is 2.94. The van der Waals surface area contributed by atoms with Gasteiger partial charge in [0.25, 0.3) is 0 Å². The number of likely N-dealkylation sites (tertiary alicyclic amines) is 1. The summed E-state index contributed by atoms with van der Waals surface area (Å²) >= 11 is 0. The molecule has 84 valence electrons. The molecular weight excluding hydrogens is 192 g/mol. The normalized spacial score (nSPS) is 22.0. The lowest BCUT2D eigenvalue weighted by atomic mass is 10.2. The molecule has 0 atom stereocenters. The quantitative estimate of drug-likeness (QED) is 0.713. The highest BCUT2D eigenvalue weighted by Crippen LogP contribution is 2.28. The Morgan fingerprint density at radius 1 is 1.00 bits per heavy atom. The molecule has 0 aromatic carbocycles. The average molecular weight is 210 g/mol. The molecule has 1 saturated heterocycles. The van der Waals surface area contributed by atoms with Gasteiger partial charge in [-0.25, -0.2) is 4.79 Å². The molecule has 1 aliphatic heterocycles. The maximum Gasteiger partial charge on any atom is 0.324 e. The molecule has 0 aromatic heterocycles. The zero-order chi connectivity index (χ0) is 10.7. The minimum absolute atomic E-state index is 0.0794. The van der Waals surface area contributed by atoms with Crippen LogP contribution < -0.4 is 5.32 Å². The SMILES string of the molecule is O=C(NC(=O)N1CCCCCC1)C1CC1. The number of amides is 3. The number of imide groups is 1.